The van der Waals surface area contributed by atoms with Crippen LogP contribution in [0.25, 0.3) is 0 Å². The zero-order valence-electron chi connectivity index (χ0n) is 12.7. The number of benzene rings is 1. The van der Waals surface area contributed by atoms with E-state index in [9.17, 15) is 4.79 Å². The van der Waals surface area contributed by atoms with Crippen molar-refractivity contribution < 1.29 is 9.53 Å². The molecule has 0 aliphatic carbocycles. The minimum absolute atomic E-state index is 0.0992. The van der Waals surface area contributed by atoms with Gasteiger partial charge in [-0.15, -0.1) is 0 Å². The number of carbonyl (C=O) groups is 1. The molecule has 1 aromatic carbocycles. The van der Waals surface area contributed by atoms with Crippen molar-refractivity contribution in [3.8, 4) is 0 Å². The molecular weight excluding hydrogens is 262 g/mol. The van der Waals surface area contributed by atoms with Gasteiger partial charge in [-0.3, -0.25) is 0 Å². The van der Waals surface area contributed by atoms with E-state index in [4.69, 9.17) is 4.74 Å². The van der Waals surface area contributed by atoms with E-state index in [0.717, 1.165) is 31.5 Å². The molecule has 1 unspecified atom stereocenters. The first-order chi connectivity index (χ1) is 10.3. The summed E-state index contributed by atoms with van der Waals surface area (Å²) in [5.74, 6) is 0.178. The Hall–Kier alpha value is -1.77. The molecule has 1 atom stereocenters. The Morgan fingerprint density at radius 1 is 1.29 bits per heavy atom. The van der Waals surface area contributed by atoms with E-state index in [1.807, 2.05) is 13.0 Å². The van der Waals surface area contributed by atoms with Gasteiger partial charge >= 0.3 is 5.97 Å². The molecule has 0 bridgehead atoms. The summed E-state index contributed by atoms with van der Waals surface area (Å²) in [4.78, 5) is 14.8. The highest BCUT2D eigenvalue weighted by atomic mass is 16.5. The molecule has 0 aromatic heterocycles. The van der Waals surface area contributed by atoms with Crippen LogP contribution in [0.15, 0.2) is 41.6 Å². The number of nitrogens with zero attached hydrogens (tertiary/aromatic N) is 1. The SMILES string of the molecule is CCOC(=O)C1=C2CCCCN2CC1Cc1ccccc1. The summed E-state index contributed by atoms with van der Waals surface area (Å²) in [6.07, 6.45) is 4.37. The van der Waals surface area contributed by atoms with E-state index in [1.54, 1.807) is 0 Å². The number of hydrogen-bond donors (Lipinski definition) is 0. The Labute approximate surface area is 126 Å². The fraction of sp³-hybridized carbons (Fsp3) is 0.500. The average Bonchev–Trinajstić information content (AvgIpc) is 2.86. The maximum atomic E-state index is 12.4. The number of carbonyl (C=O) groups excluding carboxylic acids is 1. The standard InChI is InChI=1S/C18H23NO2/c1-2-21-18(20)17-15(12-14-8-4-3-5-9-14)13-19-11-7-6-10-16(17)19/h3-5,8-9,15H,2,6-7,10-13H2,1H3. The Morgan fingerprint density at radius 3 is 2.86 bits per heavy atom. The van der Waals surface area contributed by atoms with Crippen molar-refractivity contribution in [2.24, 2.45) is 5.92 Å². The van der Waals surface area contributed by atoms with Crippen molar-refractivity contribution in [2.45, 2.75) is 32.6 Å². The Morgan fingerprint density at radius 2 is 2.10 bits per heavy atom. The van der Waals surface area contributed by atoms with Gasteiger partial charge in [-0.25, -0.2) is 4.79 Å². The first kappa shape index (κ1) is 14.2. The normalized spacial score (nSPS) is 21.4. The summed E-state index contributed by atoms with van der Waals surface area (Å²) < 4.78 is 5.32. The minimum Gasteiger partial charge on any atom is -0.463 e. The zero-order chi connectivity index (χ0) is 14.7. The third kappa shape index (κ3) is 2.97. The largest absolute Gasteiger partial charge is 0.463 e. The van der Waals surface area contributed by atoms with Crippen LogP contribution in [-0.2, 0) is 16.0 Å². The fourth-order valence-electron chi connectivity index (χ4n) is 3.55. The van der Waals surface area contributed by atoms with Gasteiger partial charge < -0.3 is 9.64 Å². The van der Waals surface area contributed by atoms with Crippen LogP contribution in [0.2, 0.25) is 0 Å². The number of esters is 1. The van der Waals surface area contributed by atoms with Crippen LogP contribution in [0.1, 0.15) is 31.7 Å². The van der Waals surface area contributed by atoms with E-state index >= 15 is 0 Å². The first-order valence-electron chi connectivity index (χ1n) is 7.98. The highest BCUT2D eigenvalue weighted by Crippen LogP contribution is 2.37. The van der Waals surface area contributed by atoms with Crippen molar-refractivity contribution in [2.75, 3.05) is 19.7 Å². The molecule has 0 N–H and O–H groups in total. The molecule has 0 saturated carbocycles. The van der Waals surface area contributed by atoms with E-state index in [0.29, 0.717) is 6.61 Å². The van der Waals surface area contributed by atoms with Crippen molar-refractivity contribution in [1.82, 2.24) is 4.90 Å². The van der Waals surface area contributed by atoms with Crippen LogP contribution in [0.5, 0.6) is 0 Å². The van der Waals surface area contributed by atoms with E-state index in [1.165, 1.54) is 24.1 Å². The molecule has 2 aliphatic heterocycles. The van der Waals surface area contributed by atoms with Gasteiger partial charge in [0.2, 0.25) is 0 Å². The lowest BCUT2D eigenvalue weighted by atomic mass is 9.92. The summed E-state index contributed by atoms with van der Waals surface area (Å²) in [7, 11) is 0. The fourth-order valence-corrected chi connectivity index (χ4v) is 3.55. The molecule has 3 rings (SSSR count). The maximum Gasteiger partial charge on any atom is 0.336 e. The van der Waals surface area contributed by atoms with E-state index in [2.05, 4.69) is 29.2 Å². The van der Waals surface area contributed by atoms with Gasteiger partial charge in [0.25, 0.3) is 0 Å². The molecule has 1 aromatic rings. The van der Waals surface area contributed by atoms with Gasteiger partial charge in [0.1, 0.15) is 0 Å². The second-order valence-electron chi connectivity index (χ2n) is 5.87. The third-order valence-electron chi connectivity index (χ3n) is 4.45. The molecule has 3 heteroatoms. The molecule has 2 heterocycles. The minimum atomic E-state index is -0.0992. The highest BCUT2D eigenvalue weighted by molar-refractivity contribution is 5.90. The van der Waals surface area contributed by atoms with Gasteiger partial charge in [-0.1, -0.05) is 30.3 Å². The van der Waals surface area contributed by atoms with Crippen molar-refractivity contribution >= 4 is 5.97 Å². The van der Waals surface area contributed by atoms with E-state index < -0.39 is 0 Å². The molecule has 0 spiro atoms. The molecular formula is C18H23NO2. The molecule has 2 aliphatic rings. The van der Waals surface area contributed by atoms with Crippen molar-refractivity contribution in [3.63, 3.8) is 0 Å². The van der Waals surface area contributed by atoms with Gasteiger partial charge in [0.05, 0.1) is 12.2 Å². The molecule has 0 radical (unpaired) electrons. The predicted octanol–water partition coefficient (Wildman–Crippen LogP) is 3.16. The monoisotopic (exact) mass is 285 g/mol. The molecule has 3 nitrogen and oxygen atoms in total. The summed E-state index contributed by atoms with van der Waals surface area (Å²) in [6, 6.07) is 10.4. The van der Waals surface area contributed by atoms with Crippen molar-refractivity contribution in [3.05, 3.63) is 47.2 Å². The zero-order valence-corrected chi connectivity index (χ0v) is 12.7. The van der Waals surface area contributed by atoms with Gasteiger partial charge in [0.15, 0.2) is 0 Å². The lowest BCUT2D eigenvalue weighted by Crippen LogP contribution is -2.26. The van der Waals surface area contributed by atoms with Crippen LogP contribution < -0.4 is 0 Å². The molecule has 112 valence electrons. The van der Waals surface area contributed by atoms with Gasteiger partial charge in [-0.2, -0.15) is 0 Å². The first-order valence-corrected chi connectivity index (χ1v) is 7.98. The highest BCUT2D eigenvalue weighted by Gasteiger charge is 2.36. The molecule has 1 fully saturated rings. The summed E-state index contributed by atoms with van der Waals surface area (Å²) in [6.45, 7) is 4.39. The maximum absolute atomic E-state index is 12.4. The third-order valence-corrected chi connectivity index (χ3v) is 4.45. The number of ether oxygens (including phenoxy) is 1. The van der Waals surface area contributed by atoms with Crippen LogP contribution in [0.4, 0.5) is 0 Å². The number of hydrogen-bond acceptors (Lipinski definition) is 3. The lowest BCUT2D eigenvalue weighted by Gasteiger charge is -2.27. The number of rotatable bonds is 4. The average molecular weight is 285 g/mol. The Kier molecular flexibility index (Phi) is 4.28. The number of fused-ring (bicyclic) bond motifs is 1. The topological polar surface area (TPSA) is 29.5 Å². The number of allylic oxidation sites excluding steroid dienone is 1. The molecule has 21 heavy (non-hydrogen) atoms. The lowest BCUT2D eigenvalue weighted by molar-refractivity contribution is -0.139. The van der Waals surface area contributed by atoms with Crippen LogP contribution in [0, 0.1) is 5.92 Å². The van der Waals surface area contributed by atoms with Crippen molar-refractivity contribution in [1.29, 1.82) is 0 Å². The molecule has 1 saturated heterocycles. The number of piperidine rings is 1. The quantitative estimate of drug-likeness (QED) is 0.796. The second-order valence-corrected chi connectivity index (χ2v) is 5.87. The molecule has 0 amide bonds. The Bertz CT molecular complexity index is 535. The Balaban J connectivity index is 1.85. The van der Waals surface area contributed by atoms with Crippen LogP contribution >= 0.6 is 0 Å². The van der Waals surface area contributed by atoms with Crippen LogP contribution in [0.3, 0.4) is 0 Å². The summed E-state index contributed by atoms with van der Waals surface area (Å²) >= 11 is 0. The predicted molar refractivity (Wildman–Crippen MR) is 82.7 cm³/mol. The second kappa shape index (κ2) is 6.33. The summed E-state index contributed by atoms with van der Waals surface area (Å²) in [5, 5.41) is 0. The van der Waals surface area contributed by atoms with Gasteiger partial charge in [-0.05, 0) is 38.2 Å². The smallest absolute Gasteiger partial charge is 0.336 e. The van der Waals surface area contributed by atoms with E-state index in [-0.39, 0.29) is 11.9 Å². The summed E-state index contributed by atoms with van der Waals surface area (Å²) in [5.41, 5.74) is 3.49. The van der Waals surface area contributed by atoms with Gasteiger partial charge in [0, 0.05) is 24.7 Å². The van der Waals surface area contributed by atoms with Crippen LogP contribution in [-0.4, -0.2) is 30.6 Å².